The van der Waals surface area contributed by atoms with Crippen molar-refractivity contribution in [2.24, 2.45) is 0 Å². The van der Waals surface area contributed by atoms with E-state index in [1.54, 1.807) is 61.6 Å². The molecule has 0 saturated heterocycles. The SMILES string of the molecule is CNC(=O)c1cccc(NC(=O)c2ccccc2OCc2ccccc2Cl)c1. The van der Waals surface area contributed by atoms with Gasteiger partial charge in [0.2, 0.25) is 0 Å². The molecule has 0 aromatic heterocycles. The highest BCUT2D eigenvalue weighted by atomic mass is 35.5. The molecule has 0 unspecified atom stereocenters. The van der Waals surface area contributed by atoms with E-state index in [-0.39, 0.29) is 18.4 Å². The zero-order valence-corrected chi connectivity index (χ0v) is 16.0. The Morgan fingerprint density at radius 2 is 1.68 bits per heavy atom. The van der Waals surface area contributed by atoms with E-state index in [2.05, 4.69) is 10.6 Å². The van der Waals surface area contributed by atoms with Gasteiger partial charge in [-0.3, -0.25) is 9.59 Å². The van der Waals surface area contributed by atoms with Gasteiger partial charge in [-0.2, -0.15) is 0 Å². The summed E-state index contributed by atoms with van der Waals surface area (Å²) in [6.07, 6.45) is 0. The first-order valence-corrected chi connectivity index (χ1v) is 9.05. The van der Waals surface area contributed by atoms with Crippen molar-refractivity contribution < 1.29 is 14.3 Å². The van der Waals surface area contributed by atoms with Gasteiger partial charge in [0.15, 0.2) is 0 Å². The number of hydrogen-bond acceptors (Lipinski definition) is 3. The van der Waals surface area contributed by atoms with Gasteiger partial charge in [-0.05, 0) is 36.4 Å². The second-order valence-electron chi connectivity index (χ2n) is 5.99. The fourth-order valence-corrected chi connectivity index (χ4v) is 2.82. The Morgan fingerprint density at radius 3 is 2.46 bits per heavy atom. The van der Waals surface area contributed by atoms with E-state index in [9.17, 15) is 9.59 Å². The molecular formula is C22H19ClN2O3. The van der Waals surface area contributed by atoms with Crippen LogP contribution in [0.2, 0.25) is 5.02 Å². The highest BCUT2D eigenvalue weighted by molar-refractivity contribution is 6.31. The van der Waals surface area contributed by atoms with Crippen LogP contribution in [-0.4, -0.2) is 18.9 Å². The summed E-state index contributed by atoms with van der Waals surface area (Å²) in [5.74, 6) is -0.106. The standard InChI is InChI=1S/C22H19ClN2O3/c1-24-21(26)15-8-6-9-17(13-15)25-22(27)18-10-3-5-12-20(18)28-14-16-7-2-4-11-19(16)23/h2-13H,14H2,1H3,(H,24,26)(H,25,27). The normalized spacial score (nSPS) is 10.2. The van der Waals surface area contributed by atoms with Gasteiger partial charge in [-0.1, -0.05) is 48.0 Å². The molecule has 0 aliphatic heterocycles. The molecule has 0 heterocycles. The van der Waals surface area contributed by atoms with Crippen molar-refractivity contribution in [3.63, 3.8) is 0 Å². The van der Waals surface area contributed by atoms with Crippen LogP contribution in [0.5, 0.6) is 5.75 Å². The van der Waals surface area contributed by atoms with Crippen molar-refractivity contribution in [1.82, 2.24) is 5.32 Å². The van der Waals surface area contributed by atoms with E-state index in [1.807, 2.05) is 18.2 Å². The van der Waals surface area contributed by atoms with Gasteiger partial charge in [-0.25, -0.2) is 0 Å². The molecule has 3 aromatic carbocycles. The molecule has 0 atom stereocenters. The maximum atomic E-state index is 12.7. The number of rotatable bonds is 6. The predicted octanol–water partition coefficient (Wildman–Crippen LogP) is 4.53. The average molecular weight is 395 g/mol. The smallest absolute Gasteiger partial charge is 0.259 e. The Kier molecular flexibility index (Phi) is 6.29. The van der Waals surface area contributed by atoms with Gasteiger partial charge in [0.25, 0.3) is 11.8 Å². The van der Waals surface area contributed by atoms with Crippen LogP contribution in [0.4, 0.5) is 5.69 Å². The van der Waals surface area contributed by atoms with Crippen LogP contribution in [0.15, 0.2) is 72.8 Å². The Morgan fingerprint density at radius 1 is 0.929 bits per heavy atom. The highest BCUT2D eigenvalue weighted by Gasteiger charge is 2.14. The summed E-state index contributed by atoms with van der Waals surface area (Å²) in [7, 11) is 1.56. The minimum Gasteiger partial charge on any atom is -0.488 e. The molecule has 0 aliphatic carbocycles. The fraction of sp³-hybridized carbons (Fsp3) is 0.0909. The van der Waals surface area contributed by atoms with E-state index in [0.717, 1.165) is 5.56 Å². The lowest BCUT2D eigenvalue weighted by atomic mass is 10.1. The molecule has 28 heavy (non-hydrogen) atoms. The van der Waals surface area contributed by atoms with Crippen molar-refractivity contribution in [1.29, 1.82) is 0 Å². The van der Waals surface area contributed by atoms with Gasteiger partial charge in [0.05, 0.1) is 5.56 Å². The van der Waals surface area contributed by atoms with E-state index >= 15 is 0 Å². The van der Waals surface area contributed by atoms with Crippen molar-refractivity contribution in [3.8, 4) is 5.75 Å². The summed E-state index contributed by atoms with van der Waals surface area (Å²) >= 11 is 6.16. The van der Waals surface area contributed by atoms with Crippen molar-refractivity contribution >= 4 is 29.1 Å². The molecule has 3 rings (SSSR count). The summed E-state index contributed by atoms with van der Waals surface area (Å²) in [6, 6.07) is 21.1. The first-order valence-electron chi connectivity index (χ1n) is 8.67. The second-order valence-corrected chi connectivity index (χ2v) is 6.40. The number of hydrogen-bond donors (Lipinski definition) is 2. The maximum Gasteiger partial charge on any atom is 0.259 e. The largest absolute Gasteiger partial charge is 0.488 e. The first-order chi connectivity index (χ1) is 13.6. The van der Waals surface area contributed by atoms with Gasteiger partial charge >= 0.3 is 0 Å². The molecule has 142 valence electrons. The van der Waals surface area contributed by atoms with Crippen LogP contribution in [0.1, 0.15) is 26.3 Å². The summed E-state index contributed by atoms with van der Waals surface area (Å²) in [4.78, 5) is 24.5. The summed E-state index contributed by atoms with van der Waals surface area (Å²) in [5, 5.41) is 5.97. The number of amides is 2. The molecule has 3 aromatic rings. The Balaban J connectivity index is 1.76. The molecule has 6 heteroatoms. The number of carbonyl (C=O) groups is 2. The minimum absolute atomic E-state index is 0.223. The molecule has 0 spiro atoms. The van der Waals surface area contributed by atoms with Crippen molar-refractivity contribution in [3.05, 3.63) is 94.5 Å². The number of para-hydroxylation sites is 1. The summed E-state index contributed by atoms with van der Waals surface area (Å²) in [6.45, 7) is 0.246. The van der Waals surface area contributed by atoms with Crippen LogP contribution in [-0.2, 0) is 6.61 Å². The van der Waals surface area contributed by atoms with Crippen molar-refractivity contribution in [2.75, 3.05) is 12.4 Å². The second kappa shape index (κ2) is 9.06. The number of benzene rings is 3. The topological polar surface area (TPSA) is 67.4 Å². The lowest BCUT2D eigenvalue weighted by Crippen LogP contribution is -2.18. The number of ether oxygens (including phenoxy) is 1. The average Bonchev–Trinajstić information content (AvgIpc) is 2.73. The van der Waals surface area contributed by atoms with Gasteiger partial charge in [0, 0.05) is 28.9 Å². The molecule has 0 aliphatic rings. The lowest BCUT2D eigenvalue weighted by molar-refractivity contribution is 0.0961. The van der Waals surface area contributed by atoms with E-state index in [4.69, 9.17) is 16.3 Å². The van der Waals surface area contributed by atoms with Gasteiger partial charge in [0.1, 0.15) is 12.4 Å². The number of halogens is 1. The number of anilines is 1. The van der Waals surface area contributed by atoms with Crippen molar-refractivity contribution in [2.45, 2.75) is 6.61 Å². The Labute approximate surface area is 168 Å². The van der Waals surface area contributed by atoms with Gasteiger partial charge in [-0.15, -0.1) is 0 Å². The quantitative estimate of drug-likeness (QED) is 0.645. The van der Waals surface area contributed by atoms with E-state index < -0.39 is 0 Å². The van der Waals surface area contributed by atoms with Gasteiger partial charge < -0.3 is 15.4 Å². The zero-order chi connectivity index (χ0) is 19.9. The molecule has 2 N–H and O–H groups in total. The first kappa shape index (κ1) is 19.5. The Hall–Kier alpha value is -3.31. The number of carbonyl (C=O) groups excluding carboxylic acids is 2. The van der Waals surface area contributed by atoms with E-state index in [0.29, 0.717) is 27.6 Å². The zero-order valence-electron chi connectivity index (χ0n) is 15.2. The minimum atomic E-state index is -0.330. The molecule has 0 fully saturated rings. The van der Waals surface area contributed by atoms with Crippen LogP contribution in [0.3, 0.4) is 0 Å². The maximum absolute atomic E-state index is 12.7. The third kappa shape index (κ3) is 4.69. The molecular weight excluding hydrogens is 376 g/mol. The fourth-order valence-electron chi connectivity index (χ4n) is 2.63. The van der Waals surface area contributed by atoms with Crippen LogP contribution < -0.4 is 15.4 Å². The van der Waals surface area contributed by atoms with Crippen LogP contribution in [0.25, 0.3) is 0 Å². The lowest BCUT2D eigenvalue weighted by Gasteiger charge is -2.13. The third-order valence-electron chi connectivity index (χ3n) is 4.08. The molecule has 0 radical (unpaired) electrons. The Bertz CT molecular complexity index is 1000. The predicted molar refractivity (Wildman–Crippen MR) is 110 cm³/mol. The van der Waals surface area contributed by atoms with Crippen LogP contribution in [0, 0.1) is 0 Å². The number of nitrogens with one attached hydrogen (secondary N) is 2. The molecule has 0 saturated carbocycles. The highest BCUT2D eigenvalue weighted by Crippen LogP contribution is 2.23. The monoisotopic (exact) mass is 394 g/mol. The molecule has 5 nitrogen and oxygen atoms in total. The van der Waals surface area contributed by atoms with Crippen LogP contribution >= 0.6 is 11.6 Å². The van der Waals surface area contributed by atoms with E-state index in [1.165, 1.54) is 0 Å². The molecule has 2 amide bonds. The summed E-state index contributed by atoms with van der Waals surface area (Å²) in [5.41, 5.74) is 2.20. The summed E-state index contributed by atoms with van der Waals surface area (Å²) < 4.78 is 5.83. The molecule has 0 bridgehead atoms. The third-order valence-corrected chi connectivity index (χ3v) is 4.45.